The molecule has 1 unspecified atom stereocenters. The molecule has 1 aromatic carbocycles. The molecule has 1 aromatic heterocycles. The van der Waals surface area contributed by atoms with Crippen molar-refractivity contribution in [1.29, 1.82) is 0 Å². The first-order valence-corrected chi connectivity index (χ1v) is 6.10. The van der Waals surface area contributed by atoms with Crippen LogP contribution in [-0.4, -0.2) is 18.1 Å². The van der Waals surface area contributed by atoms with Crippen LogP contribution in [-0.2, 0) is 15.1 Å². The molecule has 2 aromatic rings. The molecule has 0 spiro atoms. The zero-order valence-corrected chi connectivity index (χ0v) is 11.3. The molecule has 0 radical (unpaired) electrons. The summed E-state index contributed by atoms with van der Waals surface area (Å²) < 4.78 is 18.1. The maximum Gasteiger partial charge on any atom is 0.337 e. The predicted molar refractivity (Wildman–Crippen MR) is 73.6 cm³/mol. The number of pyridine rings is 1. The van der Waals surface area contributed by atoms with Crippen LogP contribution in [0.4, 0.5) is 10.1 Å². The minimum atomic E-state index is -1.19. The summed E-state index contributed by atoms with van der Waals surface area (Å²) in [6.45, 7) is 1.64. The van der Waals surface area contributed by atoms with Crippen LogP contribution < -0.4 is 5.32 Å². The molecule has 0 aliphatic carbocycles. The lowest BCUT2D eigenvalue weighted by Gasteiger charge is -2.28. The summed E-state index contributed by atoms with van der Waals surface area (Å²) in [6.07, 6.45) is 1.59. The first-order chi connectivity index (χ1) is 9.56. The molecular weight excluding hydrogens is 259 g/mol. The number of carbonyl (C=O) groups excluding carboxylic acids is 1. The summed E-state index contributed by atoms with van der Waals surface area (Å²) in [6, 6.07) is 11.1. The third-order valence-electron chi connectivity index (χ3n) is 2.99. The summed E-state index contributed by atoms with van der Waals surface area (Å²) in [5.41, 5.74) is -0.219. The van der Waals surface area contributed by atoms with Crippen LogP contribution in [0.3, 0.4) is 0 Å². The van der Waals surface area contributed by atoms with Gasteiger partial charge >= 0.3 is 5.97 Å². The average molecular weight is 274 g/mol. The van der Waals surface area contributed by atoms with Crippen molar-refractivity contribution in [3.63, 3.8) is 0 Å². The summed E-state index contributed by atoms with van der Waals surface area (Å²) in [4.78, 5) is 16.3. The highest BCUT2D eigenvalue weighted by Gasteiger charge is 2.37. The van der Waals surface area contributed by atoms with Gasteiger partial charge in [-0.1, -0.05) is 12.1 Å². The lowest BCUT2D eigenvalue weighted by molar-refractivity contribution is -0.145. The lowest BCUT2D eigenvalue weighted by atomic mass is 9.96. The smallest absolute Gasteiger partial charge is 0.337 e. The number of carbonyl (C=O) groups is 1. The molecule has 104 valence electrons. The van der Waals surface area contributed by atoms with E-state index in [4.69, 9.17) is 4.74 Å². The summed E-state index contributed by atoms with van der Waals surface area (Å²) in [7, 11) is 1.30. The van der Waals surface area contributed by atoms with E-state index in [2.05, 4.69) is 10.3 Å². The molecule has 2 rings (SSSR count). The Balaban J connectivity index is 2.41. The number of hydrogen-bond acceptors (Lipinski definition) is 4. The van der Waals surface area contributed by atoms with Gasteiger partial charge in [-0.3, -0.25) is 4.98 Å². The van der Waals surface area contributed by atoms with E-state index in [9.17, 15) is 9.18 Å². The van der Waals surface area contributed by atoms with E-state index in [0.29, 0.717) is 11.4 Å². The zero-order valence-electron chi connectivity index (χ0n) is 11.3. The summed E-state index contributed by atoms with van der Waals surface area (Å²) in [5.74, 6) is -0.885. The Labute approximate surface area is 116 Å². The number of anilines is 1. The fraction of sp³-hybridized carbons (Fsp3) is 0.200. The number of ether oxygens (including phenoxy) is 1. The highest BCUT2D eigenvalue weighted by Crippen LogP contribution is 2.26. The van der Waals surface area contributed by atoms with Gasteiger partial charge in [0.25, 0.3) is 0 Å². The lowest BCUT2D eigenvalue weighted by Crippen LogP contribution is -2.42. The Hall–Kier alpha value is -2.43. The van der Waals surface area contributed by atoms with Gasteiger partial charge in [0, 0.05) is 11.9 Å². The number of nitrogens with zero attached hydrogens (tertiary/aromatic N) is 1. The number of esters is 1. The highest BCUT2D eigenvalue weighted by atomic mass is 19.1. The number of rotatable bonds is 4. The second kappa shape index (κ2) is 5.69. The van der Waals surface area contributed by atoms with Crippen LogP contribution in [0.15, 0.2) is 48.7 Å². The molecule has 0 aliphatic rings. The second-order valence-electron chi connectivity index (χ2n) is 4.47. The largest absolute Gasteiger partial charge is 0.467 e. The SMILES string of the molecule is COC(=O)C(C)(Nc1cccc(F)c1)c1ccccn1. The number of benzene rings is 1. The Morgan fingerprint density at radius 2 is 2.10 bits per heavy atom. The number of hydrogen-bond donors (Lipinski definition) is 1. The first-order valence-electron chi connectivity index (χ1n) is 6.10. The molecule has 1 N–H and O–H groups in total. The van der Waals surface area contributed by atoms with E-state index in [1.807, 2.05) is 0 Å². The van der Waals surface area contributed by atoms with Gasteiger partial charge < -0.3 is 10.1 Å². The van der Waals surface area contributed by atoms with Crippen molar-refractivity contribution in [2.45, 2.75) is 12.5 Å². The van der Waals surface area contributed by atoms with Crippen molar-refractivity contribution < 1.29 is 13.9 Å². The van der Waals surface area contributed by atoms with Crippen LogP contribution in [0.1, 0.15) is 12.6 Å². The molecule has 0 bridgehead atoms. The van der Waals surface area contributed by atoms with Gasteiger partial charge in [0.2, 0.25) is 0 Å². The second-order valence-corrected chi connectivity index (χ2v) is 4.47. The number of halogens is 1. The Morgan fingerprint density at radius 1 is 1.30 bits per heavy atom. The van der Waals surface area contributed by atoms with Crippen LogP contribution in [0.5, 0.6) is 0 Å². The Kier molecular flexibility index (Phi) is 3.98. The molecule has 0 saturated heterocycles. The third-order valence-corrected chi connectivity index (χ3v) is 2.99. The molecule has 0 saturated carbocycles. The molecule has 0 amide bonds. The average Bonchev–Trinajstić information content (AvgIpc) is 2.47. The molecular formula is C15H15FN2O2. The van der Waals surface area contributed by atoms with Gasteiger partial charge in [0.1, 0.15) is 5.82 Å². The number of aromatic nitrogens is 1. The molecule has 20 heavy (non-hydrogen) atoms. The van der Waals surface area contributed by atoms with Crippen molar-refractivity contribution in [3.8, 4) is 0 Å². The van der Waals surface area contributed by atoms with Gasteiger partial charge in [-0.2, -0.15) is 0 Å². The monoisotopic (exact) mass is 274 g/mol. The van der Waals surface area contributed by atoms with E-state index in [1.54, 1.807) is 43.5 Å². The predicted octanol–water partition coefficient (Wildman–Crippen LogP) is 2.72. The number of methoxy groups -OCH3 is 1. The quantitative estimate of drug-likeness (QED) is 0.871. The summed E-state index contributed by atoms with van der Waals surface area (Å²) in [5, 5.41) is 2.99. The van der Waals surface area contributed by atoms with Gasteiger partial charge in [-0.25, -0.2) is 9.18 Å². The maximum absolute atomic E-state index is 13.3. The van der Waals surface area contributed by atoms with Gasteiger partial charge in [0.05, 0.1) is 12.8 Å². The van der Waals surface area contributed by atoms with E-state index in [1.165, 1.54) is 19.2 Å². The zero-order chi connectivity index (χ0) is 14.6. The topological polar surface area (TPSA) is 51.2 Å². The maximum atomic E-state index is 13.3. The van der Waals surface area contributed by atoms with Gasteiger partial charge in [0.15, 0.2) is 5.54 Å². The van der Waals surface area contributed by atoms with E-state index < -0.39 is 11.5 Å². The molecule has 5 heteroatoms. The first kappa shape index (κ1) is 14.0. The van der Waals surface area contributed by atoms with E-state index >= 15 is 0 Å². The molecule has 1 atom stereocenters. The Morgan fingerprint density at radius 3 is 2.70 bits per heavy atom. The normalized spacial score (nSPS) is 13.3. The van der Waals surface area contributed by atoms with Crippen molar-refractivity contribution in [1.82, 2.24) is 4.98 Å². The highest BCUT2D eigenvalue weighted by molar-refractivity contribution is 5.85. The minimum absolute atomic E-state index is 0.386. The fourth-order valence-corrected chi connectivity index (χ4v) is 1.94. The minimum Gasteiger partial charge on any atom is -0.467 e. The van der Waals surface area contributed by atoms with Crippen LogP contribution >= 0.6 is 0 Å². The molecule has 1 heterocycles. The standard InChI is InChI=1S/C15H15FN2O2/c1-15(14(19)20-2,13-8-3-4-9-17-13)18-12-7-5-6-11(16)10-12/h3-10,18H,1-2H3. The van der Waals surface area contributed by atoms with Crippen LogP contribution in [0, 0.1) is 5.82 Å². The third kappa shape index (κ3) is 2.77. The van der Waals surface area contributed by atoms with Crippen molar-refractivity contribution in [3.05, 3.63) is 60.2 Å². The molecule has 4 nitrogen and oxygen atoms in total. The van der Waals surface area contributed by atoms with Crippen molar-refractivity contribution >= 4 is 11.7 Å². The van der Waals surface area contributed by atoms with E-state index in [-0.39, 0.29) is 5.82 Å². The van der Waals surface area contributed by atoms with E-state index in [0.717, 1.165) is 0 Å². The Bertz CT molecular complexity index is 604. The fourth-order valence-electron chi connectivity index (χ4n) is 1.94. The van der Waals surface area contributed by atoms with Crippen LogP contribution in [0.25, 0.3) is 0 Å². The van der Waals surface area contributed by atoms with Crippen molar-refractivity contribution in [2.75, 3.05) is 12.4 Å². The van der Waals surface area contributed by atoms with Crippen LogP contribution in [0.2, 0.25) is 0 Å². The van der Waals surface area contributed by atoms with Gasteiger partial charge in [-0.05, 0) is 37.3 Å². The molecule has 0 fully saturated rings. The summed E-state index contributed by atoms with van der Waals surface area (Å²) >= 11 is 0. The number of nitrogens with one attached hydrogen (secondary N) is 1. The van der Waals surface area contributed by atoms with Crippen molar-refractivity contribution in [2.24, 2.45) is 0 Å². The van der Waals surface area contributed by atoms with Gasteiger partial charge in [-0.15, -0.1) is 0 Å². The molecule has 0 aliphatic heterocycles.